The number of nitrogens with one attached hydrogen (secondary N) is 3. The quantitative estimate of drug-likeness (QED) is 0.233. The second-order valence-electron chi connectivity index (χ2n) is 10.1. The number of halogens is 3. The highest BCUT2D eigenvalue weighted by Gasteiger charge is 2.49. The first-order chi connectivity index (χ1) is 19.1. The lowest BCUT2D eigenvalue weighted by Crippen LogP contribution is -2.46. The Morgan fingerprint density at radius 2 is 1.30 bits per heavy atom. The Morgan fingerprint density at radius 3 is 1.70 bits per heavy atom. The number of likely N-dealkylation sites (tertiary alicyclic amines) is 1. The first kappa shape index (κ1) is 38.5. The van der Waals surface area contributed by atoms with E-state index in [1.807, 2.05) is 0 Å². The van der Waals surface area contributed by atoms with E-state index < -0.39 is 25.5 Å². The average Bonchev–Trinajstić information content (AvgIpc) is 3.64. The van der Waals surface area contributed by atoms with Gasteiger partial charge in [0.25, 0.3) is 0 Å². The number of amides is 3. The molecule has 0 aliphatic carbocycles. The van der Waals surface area contributed by atoms with Crippen LogP contribution in [0.15, 0.2) is 48.5 Å². The average molecular weight is 682 g/mol. The van der Waals surface area contributed by atoms with E-state index in [4.69, 9.17) is 20.5 Å². The van der Waals surface area contributed by atoms with Gasteiger partial charge in [-0.3, -0.25) is 14.4 Å². The molecule has 7 N–H and O–H groups in total. The predicted molar refractivity (Wildman–Crippen MR) is 174 cm³/mol. The van der Waals surface area contributed by atoms with Gasteiger partial charge in [0.05, 0.1) is 18.1 Å². The van der Waals surface area contributed by atoms with Crippen LogP contribution in [0.2, 0.25) is 0 Å². The molecular weight excluding hydrogens is 642 g/mol. The van der Waals surface area contributed by atoms with Gasteiger partial charge >= 0.3 is 7.60 Å². The maximum Gasteiger partial charge on any atom is 0.453 e. The molecule has 3 amide bonds. The van der Waals surface area contributed by atoms with Crippen molar-refractivity contribution in [3.8, 4) is 11.5 Å². The van der Waals surface area contributed by atoms with E-state index in [9.17, 15) is 18.9 Å². The highest BCUT2D eigenvalue weighted by Crippen LogP contribution is 2.57. The van der Waals surface area contributed by atoms with Crippen molar-refractivity contribution < 1.29 is 28.0 Å². The van der Waals surface area contributed by atoms with Crippen molar-refractivity contribution in [1.82, 2.24) is 10.2 Å². The summed E-state index contributed by atoms with van der Waals surface area (Å²) >= 11 is 0. The minimum atomic E-state index is -4.02. The lowest BCUT2D eigenvalue weighted by molar-refractivity contribution is -0.132. The van der Waals surface area contributed by atoms with E-state index >= 15 is 0 Å². The maximum absolute atomic E-state index is 14.6. The topological polar surface area (TPSA) is 178 Å². The number of carbonyl (C=O) groups is 3. The van der Waals surface area contributed by atoms with Crippen LogP contribution in [0.25, 0.3) is 0 Å². The lowest BCUT2D eigenvalue weighted by atomic mass is 10.2. The number of carbonyl (C=O) groups excluding carboxylic acids is 3. The summed E-state index contributed by atoms with van der Waals surface area (Å²) < 4.78 is 26.7. The van der Waals surface area contributed by atoms with E-state index in [2.05, 4.69) is 16.0 Å². The molecule has 2 unspecified atom stereocenters. The Balaban J connectivity index is 0.00000308. The lowest BCUT2D eigenvalue weighted by Gasteiger charge is -2.32. The van der Waals surface area contributed by atoms with Crippen LogP contribution in [0.1, 0.15) is 39.5 Å². The Morgan fingerprint density at radius 1 is 0.837 bits per heavy atom. The van der Waals surface area contributed by atoms with Gasteiger partial charge in [-0.2, -0.15) is 0 Å². The van der Waals surface area contributed by atoms with Crippen LogP contribution in [-0.2, 0) is 18.9 Å². The summed E-state index contributed by atoms with van der Waals surface area (Å²) in [6.45, 7) is 4.37. The molecule has 0 radical (unpaired) electrons. The van der Waals surface area contributed by atoms with Crippen LogP contribution in [0.3, 0.4) is 0 Å². The molecule has 16 heteroatoms. The highest BCUT2D eigenvalue weighted by molar-refractivity contribution is 7.55. The van der Waals surface area contributed by atoms with Gasteiger partial charge in [0.2, 0.25) is 17.7 Å². The summed E-state index contributed by atoms with van der Waals surface area (Å²) in [6.07, 6.45) is 2.72. The van der Waals surface area contributed by atoms with Crippen LogP contribution in [-0.4, -0.2) is 59.6 Å². The van der Waals surface area contributed by atoms with Gasteiger partial charge in [-0.05, 0) is 94.6 Å². The third-order valence-electron chi connectivity index (χ3n) is 6.76. The van der Waals surface area contributed by atoms with E-state index in [0.29, 0.717) is 30.8 Å². The second-order valence-corrected chi connectivity index (χ2v) is 12.2. The van der Waals surface area contributed by atoms with Crippen LogP contribution in [0, 0.1) is 0 Å². The Hall–Kier alpha value is -2.57. The fourth-order valence-electron chi connectivity index (χ4n) is 4.58. The van der Waals surface area contributed by atoms with Crippen molar-refractivity contribution >= 4 is 73.9 Å². The monoisotopic (exact) mass is 680 g/mol. The van der Waals surface area contributed by atoms with E-state index in [0.717, 1.165) is 19.4 Å². The molecule has 2 aromatic carbocycles. The molecule has 4 rings (SSSR count). The molecular formula is C27H40Cl3N6O6P. The standard InChI is InChI=1S/C27H37N6O6P.3ClH/c1-17(28)25(34)31-19-7-11-21(12-8-19)38-40(37,24-6-4-16-33(24)27(36)23-5-3-15-30-23)39-22-13-9-20(10-14-22)32-26(35)18(2)29;;;/h7-14,17-18,23-24,30H,3-6,15-16,28-29H2,1-2H3,(H,31,34)(H,32,35);3*1H/t17-,18?,23-,24+,40?;;;/m0.../s1. The minimum Gasteiger partial charge on any atom is -0.415 e. The molecule has 2 heterocycles. The fraction of sp³-hybridized carbons (Fsp3) is 0.444. The highest BCUT2D eigenvalue weighted by atomic mass is 35.5. The van der Waals surface area contributed by atoms with Gasteiger partial charge in [-0.25, -0.2) is 4.57 Å². The second kappa shape index (κ2) is 17.1. The van der Waals surface area contributed by atoms with Crippen molar-refractivity contribution in [1.29, 1.82) is 0 Å². The van der Waals surface area contributed by atoms with Crippen molar-refractivity contribution in [2.45, 2.75) is 63.4 Å². The zero-order valence-corrected chi connectivity index (χ0v) is 27.2. The molecule has 240 valence electrons. The van der Waals surface area contributed by atoms with Crippen molar-refractivity contribution in [3.05, 3.63) is 48.5 Å². The number of nitrogens with zero attached hydrogens (tertiary/aromatic N) is 1. The zero-order valence-electron chi connectivity index (χ0n) is 23.9. The van der Waals surface area contributed by atoms with Gasteiger partial charge < -0.3 is 41.4 Å². The molecule has 2 saturated heterocycles. The SMILES string of the molecule is CC(N)C(=O)Nc1ccc(OP(=O)(Oc2ccc(NC(=O)[C@H](C)N)cc2)[C@@H]2CCCN2C(=O)[C@@H]2CCCN2)cc1.Cl.Cl.Cl. The van der Waals surface area contributed by atoms with Crippen molar-refractivity contribution in [3.63, 3.8) is 0 Å². The molecule has 0 bridgehead atoms. The Kier molecular flexibility index (Phi) is 15.3. The summed E-state index contributed by atoms with van der Waals surface area (Å²) in [4.78, 5) is 38.8. The third-order valence-corrected chi connectivity index (χ3v) is 8.96. The molecule has 5 atom stereocenters. The zero-order chi connectivity index (χ0) is 28.9. The number of rotatable bonds is 10. The van der Waals surface area contributed by atoms with Crippen molar-refractivity contribution in [2.24, 2.45) is 11.5 Å². The molecule has 2 aliphatic rings. The summed E-state index contributed by atoms with van der Waals surface area (Å²) in [6, 6.07) is 11.0. The fourth-order valence-corrected chi connectivity index (χ4v) is 6.76. The summed E-state index contributed by atoms with van der Waals surface area (Å²) in [5, 5.41) is 8.59. The van der Waals surface area contributed by atoms with E-state index in [-0.39, 0.29) is 72.5 Å². The molecule has 0 aromatic heterocycles. The minimum absolute atomic E-state index is 0. The van der Waals surface area contributed by atoms with E-state index in [1.165, 1.54) is 0 Å². The summed E-state index contributed by atoms with van der Waals surface area (Å²) in [7, 11) is -4.02. The van der Waals surface area contributed by atoms with Crippen LogP contribution in [0.5, 0.6) is 11.5 Å². The smallest absolute Gasteiger partial charge is 0.415 e. The van der Waals surface area contributed by atoms with Gasteiger partial charge in [0.15, 0.2) is 5.78 Å². The normalized spacial score (nSPS) is 20.1. The van der Waals surface area contributed by atoms with Crippen molar-refractivity contribution in [2.75, 3.05) is 23.7 Å². The van der Waals surface area contributed by atoms with Gasteiger partial charge in [0.1, 0.15) is 11.5 Å². The molecule has 12 nitrogen and oxygen atoms in total. The molecule has 0 saturated carbocycles. The Labute approximate surface area is 270 Å². The van der Waals surface area contributed by atoms with Crippen LogP contribution in [0.4, 0.5) is 11.4 Å². The molecule has 2 fully saturated rings. The van der Waals surface area contributed by atoms with Gasteiger partial charge in [-0.1, -0.05) is 0 Å². The van der Waals surface area contributed by atoms with E-state index in [1.54, 1.807) is 67.3 Å². The number of benzene rings is 2. The summed E-state index contributed by atoms with van der Waals surface area (Å²) in [5.74, 6) is -1.09. The molecule has 2 aliphatic heterocycles. The maximum atomic E-state index is 14.6. The van der Waals surface area contributed by atoms with Crippen LogP contribution < -0.4 is 36.5 Å². The molecule has 43 heavy (non-hydrogen) atoms. The predicted octanol–water partition coefficient (Wildman–Crippen LogP) is 3.87. The number of hydrogen-bond donors (Lipinski definition) is 5. The first-order valence-corrected chi connectivity index (χ1v) is 15.0. The summed E-state index contributed by atoms with van der Waals surface area (Å²) in [5.41, 5.74) is 12.2. The first-order valence-electron chi connectivity index (χ1n) is 13.4. The number of hydrogen-bond acceptors (Lipinski definition) is 9. The number of nitrogens with two attached hydrogens (primary N) is 2. The third kappa shape index (κ3) is 9.97. The largest absolute Gasteiger partial charge is 0.453 e. The van der Waals surface area contributed by atoms with Crippen LogP contribution >= 0.6 is 44.8 Å². The molecule has 0 spiro atoms. The number of anilines is 2. The Bertz CT molecular complexity index is 1190. The van der Waals surface area contributed by atoms with Gasteiger partial charge in [-0.15, -0.1) is 37.2 Å². The van der Waals surface area contributed by atoms with Gasteiger partial charge in [0, 0.05) is 17.9 Å². The molecule has 2 aromatic rings.